The second-order valence-electron chi connectivity index (χ2n) is 4.92. The van der Waals surface area contributed by atoms with Gasteiger partial charge in [0.15, 0.2) is 0 Å². The Kier molecular flexibility index (Phi) is 5.30. The van der Waals surface area contributed by atoms with Crippen molar-refractivity contribution >= 4 is 11.6 Å². The summed E-state index contributed by atoms with van der Waals surface area (Å²) in [5, 5.41) is 8.14. The van der Waals surface area contributed by atoms with Gasteiger partial charge in [-0.1, -0.05) is 32.1 Å². The lowest BCUT2D eigenvalue weighted by Crippen LogP contribution is -2.07. The molecule has 1 aromatic rings. The van der Waals surface area contributed by atoms with Crippen LogP contribution in [-0.2, 0) is 12.8 Å². The highest BCUT2D eigenvalue weighted by atomic mass is 35.5. The van der Waals surface area contributed by atoms with Gasteiger partial charge in [0, 0.05) is 18.7 Å². The molecule has 3 nitrogen and oxygen atoms in total. The summed E-state index contributed by atoms with van der Waals surface area (Å²) in [6.07, 6.45) is 10.8. The maximum atomic E-state index is 5.63. The Morgan fingerprint density at radius 3 is 2.47 bits per heavy atom. The van der Waals surface area contributed by atoms with Crippen LogP contribution in [-0.4, -0.2) is 16.1 Å². The van der Waals surface area contributed by atoms with Gasteiger partial charge in [0.1, 0.15) is 0 Å². The van der Waals surface area contributed by atoms with Crippen molar-refractivity contribution in [2.75, 3.05) is 5.88 Å². The van der Waals surface area contributed by atoms with Crippen LogP contribution in [0.25, 0.3) is 0 Å². The predicted octanol–water partition coefficient (Wildman–Crippen LogP) is 3.75. The number of alkyl halides is 1. The third-order valence-corrected chi connectivity index (χ3v) is 3.79. The standard InChI is InChI=1S/C13H21ClN2O/c14-10-4-7-12-15-16-13(17-12)9-8-11-5-2-1-3-6-11/h11H,1-10H2. The van der Waals surface area contributed by atoms with Gasteiger partial charge >= 0.3 is 0 Å². The fourth-order valence-electron chi connectivity index (χ4n) is 2.51. The quantitative estimate of drug-likeness (QED) is 0.728. The molecule has 96 valence electrons. The molecule has 0 aromatic carbocycles. The summed E-state index contributed by atoms with van der Waals surface area (Å²) >= 11 is 5.63. The molecule has 1 aromatic heterocycles. The van der Waals surface area contributed by atoms with Crippen LogP contribution in [0.15, 0.2) is 4.42 Å². The minimum Gasteiger partial charge on any atom is -0.425 e. The lowest BCUT2D eigenvalue weighted by Gasteiger charge is -2.20. The molecule has 1 aliphatic carbocycles. The Balaban J connectivity index is 1.72. The Labute approximate surface area is 108 Å². The highest BCUT2D eigenvalue weighted by molar-refractivity contribution is 6.17. The number of nitrogens with zero attached hydrogens (tertiary/aromatic N) is 2. The SMILES string of the molecule is ClCCCc1nnc(CCC2CCCCC2)o1. The van der Waals surface area contributed by atoms with Crippen LogP contribution in [0, 0.1) is 5.92 Å². The van der Waals surface area contributed by atoms with Crippen molar-refractivity contribution in [2.24, 2.45) is 5.92 Å². The molecule has 17 heavy (non-hydrogen) atoms. The molecule has 1 aliphatic rings. The molecule has 4 heteroatoms. The average Bonchev–Trinajstić information content (AvgIpc) is 2.83. The van der Waals surface area contributed by atoms with Crippen molar-refractivity contribution in [1.29, 1.82) is 0 Å². The van der Waals surface area contributed by atoms with Gasteiger partial charge in [-0.3, -0.25) is 0 Å². The summed E-state index contributed by atoms with van der Waals surface area (Å²) in [6.45, 7) is 0. The largest absolute Gasteiger partial charge is 0.425 e. The Hall–Kier alpha value is -0.570. The van der Waals surface area contributed by atoms with E-state index in [1.807, 2.05) is 0 Å². The molecule has 0 aliphatic heterocycles. The van der Waals surface area contributed by atoms with E-state index in [0.29, 0.717) is 5.88 Å². The van der Waals surface area contributed by atoms with Crippen molar-refractivity contribution < 1.29 is 4.42 Å². The summed E-state index contributed by atoms with van der Waals surface area (Å²) in [5.74, 6) is 3.08. The van der Waals surface area contributed by atoms with Crippen molar-refractivity contribution in [3.63, 3.8) is 0 Å². The van der Waals surface area contributed by atoms with Crippen LogP contribution >= 0.6 is 11.6 Å². The molecule has 0 spiro atoms. The van der Waals surface area contributed by atoms with Crippen molar-refractivity contribution in [2.45, 2.75) is 57.8 Å². The molecule has 0 saturated heterocycles. The topological polar surface area (TPSA) is 38.9 Å². The molecular formula is C13H21ClN2O. The molecule has 1 heterocycles. The number of aryl methyl sites for hydroxylation is 2. The highest BCUT2D eigenvalue weighted by Crippen LogP contribution is 2.27. The van der Waals surface area contributed by atoms with Gasteiger partial charge in [-0.05, 0) is 18.8 Å². The molecule has 0 N–H and O–H groups in total. The monoisotopic (exact) mass is 256 g/mol. The zero-order valence-corrected chi connectivity index (χ0v) is 11.1. The molecule has 1 fully saturated rings. The zero-order chi connectivity index (χ0) is 11.9. The van der Waals surface area contributed by atoms with Crippen LogP contribution in [0.5, 0.6) is 0 Å². The molecule has 1 saturated carbocycles. The van der Waals surface area contributed by atoms with E-state index in [-0.39, 0.29) is 0 Å². The van der Waals surface area contributed by atoms with Gasteiger partial charge in [0.05, 0.1) is 0 Å². The summed E-state index contributed by atoms with van der Waals surface area (Å²) in [6, 6.07) is 0. The fourth-order valence-corrected chi connectivity index (χ4v) is 2.65. The molecular weight excluding hydrogens is 236 g/mol. The van der Waals surface area contributed by atoms with Crippen LogP contribution in [0.2, 0.25) is 0 Å². The van der Waals surface area contributed by atoms with Crippen molar-refractivity contribution in [3.05, 3.63) is 11.8 Å². The first kappa shape index (κ1) is 12.9. The van der Waals surface area contributed by atoms with Crippen LogP contribution in [0.1, 0.15) is 56.7 Å². The van der Waals surface area contributed by atoms with Crippen LogP contribution in [0.3, 0.4) is 0 Å². The van der Waals surface area contributed by atoms with Crippen molar-refractivity contribution in [3.8, 4) is 0 Å². The summed E-state index contributed by atoms with van der Waals surface area (Å²) in [5.41, 5.74) is 0. The van der Waals surface area contributed by atoms with Gasteiger partial charge in [-0.15, -0.1) is 21.8 Å². The van der Waals surface area contributed by atoms with E-state index in [0.717, 1.165) is 37.0 Å². The number of rotatable bonds is 6. The fraction of sp³-hybridized carbons (Fsp3) is 0.846. The normalized spacial score (nSPS) is 17.5. The molecule has 0 unspecified atom stereocenters. The minimum atomic E-state index is 0.653. The van der Waals surface area contributed by atoms with E-state index < -0.39 is 0 Å². The van der Waals surface area contributed by atoms with E-state index >= 15 is 0 Å². The lowest BCUT2D eigenvalue weighted by molar-refractivity contribution is 0.326. The molecule has 0 atom stereocenters. The van der Waals surface area contributed by atoms with Crippen LogP contribution in [0.4, 0.5) is 0 Å². The number of hydrogen-bond acceptors (Lipinski definition) is 3. The predicted molar refractivity (Wildman–Crippen MR) is 68.2 cm³/mol. The number of aromatic nitrogens is 2. The highest BCUT2D eigenvalue weighted by Gasteiger charge is 2.15. The van der Waals surface area contributed by atoms with E-state index in [1.54, 1.807) is 0 Å². The van der Waals surface area contributed by atoms with Gasteiger partial charge in [0.25, 0.3) is 0 Å². The first-order valence-corrected chi connectivity index (χ1v) is 7.29. The summed E-state index contributed by atoms with van der Waals surface area (Å²) < 4.78 is 5.60. The average molecular weight is 257 g/mol. The maximum Gasteiger partial charge on any atom is 0.216 e. The van der Waals surface area contributed by atoms with Crippen molar-refractivity contribution in [1.82, 2.24) is 10.2 Å². The van der Waals surface area contributed by atoms with Gasteiger partial charge < -0.3 is 4.42 Å². The second-order valence-corrected chi connectivity index (χ2v) is 5.30. The lowest BCUT2D eigenvalue weighted by atomic mass is 9.86. The van der Waals surface area contributed by atoms with E-state index in [4.69, 9.17) is 16.0 Å². The minimum absolute atomic E-state index is 0.653. The van der Waals surface area contributed by atoms with E-state index in [2.05, 4.69) is 10.2 Å². The smallest absolute Gasteiger partial charge is 0.216 e. The first-order valence-electron chi connectivity index (χ1n) is 6.75. The third-order valence-electron chi connectivity index (χ3n) is 3.52. The van der Waals surface area contributed by atoms with E-state index in [1.165, 1.54) is 38.5 Å². The maximum absolute atomic E-state index is 5.63. The van der Waals surface area contributed by atoms with Crippen LogP contribution < -0.4 is 0 Å². The molecule has 0 radical (unpaired) electrons. The Morgan fingerprint density at radius 1 is 1.06 bits per heavy atom. The number of halogens is 1. The summed E-state index contributed by atoms with van der Waals surface area (Å²) in [7, 11) is 0. The zero-order valence-electron chi connectivity index (χ0n) is 10.3. The molecule has 2 rings (SSSR count). The summed E-state index contributed by atoms with van der Waals surface area (Å²) in [4.78, 5) is 0. The Morgan fingerprint density at radius 2 is 1.76 bits per heavy atom. The first-order chi connectivity index (χ1) is 8.38. The van der Waals surface area contributed by atoms with Gasteiger partial charge in [-0.2, -0.15) is 0 Å². The Bertz CT molecular complexity index is 321. The van der Waals surface area contributed by atoms with E-state index in [9.17, 15) is 0 Å². The second kappa shape index (κ2) is 7.00. The van der Waals surface area contributed by atoms with Gasteiger partial charge in [0.2, 0.25) is 11.8 Å². The molecule has 0 bridgehead atoms. The molecule has 0 amide bonds. The number of hydrogen-bond donors (Lipinski definition) is 0. The third kappa shape index (κ3) is 4.30. The van der Waals surface area contributed by atoms with Gasteiger partial charge in [-0.25, -0.2) is 0 Å².